The van der Waals surface area contributed by atoms with Crippen LogP contribution in [-0.2, 0) is 0 Å². The third kappa shape index (κ3) is 3.69. The van der Waals surface area contributed by atoms with Gasteiger partial charge in [-0.05, 0) is 31.2 Å². The summed E-state index contributed by atoms with van der Waals surface area (Å²) in [5.41, 5.74) is 1.39. The number of rotatable bonds is 5. The van der Waals surface area contributed by atoms with Crippen LogP contribution in [0.15, 0.2) is 54.7 Å². The predicted molar refractivity (Wildman–Crippen MR) is 102 cm³/mol. The first-order valence-electron chi connectivity index (χ1n) is 9.14. The molecule has 1 saturated heterocycles. The van der Waals surface area contributed by atoms with Crippen molar-refractivity contribution < 1.29 is 14.3 Å². The molecule has 6 nitrogen and oxygen atoms in total. The van der Waals surface area contributed by atoms with Crippen molar-refractivity contribution in [1.29, 1.82) is 0 Å². The first-order chi connectivity index (χ1) is 13.2. The van der Waals surface area contributed by atoms with E-state index in [1.807, 2.05) is 43.3 Å². The molecule has 0 bridgehead atoms. The van der Waals surface area contributed by atoms with Crippen molar-refractivity contribution in [3.05, 3.63) is 60.3 Å². The Hall–Kier alpha value is -3.15. The van der Waals surface area contributed by atoms with Crippen molar-refractivity contribution in [2.75, 3.05) is 19.7 Å². The highest BCUT2D eigenvalue weighted by molar-refractivity contribution is 5.96. The fourth-order valence-electron chi connectivity index (χ4n) is 3.27. The van der Waals surface area contributed by atoms with Gasteiger partial charge in [0, 0.05) is 30.6 Å². The molecule has 1 aliphatic rings. The molecule has 0 aliphatic carbocycles. The average molecular weight is 363 g/mol. The van der Waals surface area contributed by atoms with Gasteiger partial charge in [-0.25, -0.2) is 9.97 Å². The number of aromatic nitrogens is 2. The topological polar surface area (TPSA) is 64.5 Å². The van der Waals surface area contributed by atoms with E-state index in [2.05, 4.69) is 9.97 Å². The van der Waals surface area contributed by atoms with Crippen molar-refractivity contribution in [1.82, 2.24) is 14.9 Å². The summed E-state index contributed by atoms with van der Waals surface area (Å²) < 4.78 is 11.5. The summed E-state index contributed by atoms with van der Waals surface area (Å²) in [7, 11) is 0. The number of carbonyl (C=O) groups excluding carboxylic acids is 1. The molecule has 1 fully saturated rings. The number of hydrogen-bond acceptors (Lipinski definition) is 5. The van der Waals surface area contributed by atoms with E-state index < -0.39 is 0 Å². The lowest BCUT2D eigenvalue weighted by Crippen LogP contribution is -2.31. The summed E-state index contributed by atoms with van der Waals surface area (Å²) in [5.74, 6) is 0.888. The molecule has 0 saturated carbocycles. The molecule has 3 aromatic rings. The standard InChI is InChI=1S/C21H21N3O3/c1-2-26-20-17(7-5-12-22-20)21(25)24-13-11-16(14-24)27-19-10-9-15-6-3-4-8-18(15)23-19/h3-10,12,16H,2,11,13-14H2,1H3. The number of amides is 1. The van der Waals surface area contributed by atoms with Gasteiger partial charge < -0.3 is 14.4 Å². The highest BCUT2D eigenvalue weighted by Gasteiger charge is 2.30. The van der Waals surface area contributed by atoms with Crippen LogP contribution in [-0.4, -0.2) is 46.6 Å². The number of fused-ring (bicyclic) bond motifs is 1. The van der Waals surface area contributed by atoms with Crippen molar-refractivity contribution in [2.45, 2.75) is 19.4 Å². The molecule has 4 rings (SSSR count). The Kier molecular flexibility index (Phi) is 4.87. The number of likely N-dealkylation sites (tertiary alicyclic amines) is 1. The highest BCUT2D eigenvalue weighted by atomic mass is 16.5. The second kappa shape index (κ2) is 7.61. The number of ether oxygens (including phenoxy) is 2. The van der Waals surface area contributed by atoms with Gasteiger partial charge >= 0.3 is 0 Å². The number of nitrogens with zero attached hydrogens (tertiary/aromatic N) is 3. The molecule has 1 unspecified atom stereocenters. The molecule has 0 spiro atoms. The van der Waals surface area contributed by atoms with Crippen LogP contribution in [0.1, 0.15) is 23.7 Å². The summed E-state index contributed by atoms with van der Waals surface area (Å²) >= 11 is 0. The van der Waals surface area contributed by atoms with E-state index in [1.54, 1.807) is 23.2 Å². The molecule has 138 valence electrons. The lowest BCUT2D eigenvalue weighted by atomic mass is 10.2. The number of para-hydroxylation sites is 1. The fourth-order valence-corrected chi connectivity index (χ4v) is 3.27. The van der Waals surface area contributed by atoms with Gasteiger partial charge in [-0.3, -0.25) is 4.79 Å². The van der Waals surface area contributed by atoms with Crippen LogP contribution in [0.5, 0.6) is 11.8 Å². The molecule has 1 amide bonds. The molecule has 0 N–H and O–H groups in total. The maximum Gasteiger partial charge on any atom is 0.259 e. The molecule has 2 aromatic heterocycles. The molecule has 6 heteroatoms. The molecular formula is C21H21N3O3. The molecule has 1 aromatic carbocycles. The van der Waals surface area contributed by atoms with E-state index >= 15 is 0 Å². The summed E-state index contributed by atoms with van der Waals surface area (Å²) in [5, 5.41) is 1.08. The average Bonchev–Trinajstić information content (AvgIpc) is 3.16. The Balaban J connectivity index is 1.44. The van der Waals surface area contributed by atoms with Crippen LogP contribution >= 0.6 is 0 Å². The van der Waals surface area contributed by atoms with Gasteiger partial charge in [0.25, 0.3) is 5.91 Å². The van der Waals surface area contributed by atoms with Crippen molar-refractivity contribution in [3.8, 4) is 11.8 Å². The number of pyridine rings is 2. The molecular weight excluding hydrogens is 342 g/mol. The van der Waals surface area contributed by atoms with Gasteiger partial charge in [0.15, 0.2) is 0 Å². The second-order valence-electron chi connectivity index (χ2n) is 6.41. The fraction of sp³-hybridized carbons (Fsp3) is 0.286. The van der Waals surface area contributed by atoms with Gasteiger partial charge in [-0.2, -0.15) is 0 Å². The van der Waals surface area contributed by atoms with E-state index in [9.17, 15) is 4.79 Å². The Labute approximate surface area is 157 Å². The van der Waals surface area contributed by atoms with Crippen LogP contribution in [0.3, 0.4) is 0 Å². The van der Waals surface area contributed by atoms with E-state index in [4.69, 9.17) is 9.47 Å². The maximum absolute atomic E-state index is 12.9. The van der Waals surface area contributed by atoms with Crippen molar-refractivity contribution >= 4 is 16.8 Å². The first-order valence-corrected chi connectivity index (χ1v) is 9.14. The summed E-state index contributed by atoms with van der Waals surface area (Å²) in [6.07, 6.45) is 2.32. The lowest BCUT2D eigenvalue weighted by molar-refractivity contribution is 0.0766. The minimum Gasteiger partial charge on any atom is -0.477 e. The van der Waals surface area contributed by atoms with Gasteiger partial charge in [0.2, 0.25) is 11.8 Å². The minimum atomic E-state index is -0.0795. The summed E-state index contributed by atoms with van der Waals surface area (Å²) in [6.45, 7) is 3.50. The zero-order valence-electron chi connectivity index (χ0n) is 15.2. The van der Waals surface area contributed by atoms with Gasteiger partial charge in [-0.1, -0.05) is 18.2 Å². The van der Waals surface area contributed by atoms with E-state index in [0.717, 1.165) is 17.3 Å². The maximum atomic E-state index is 12.9. The molecule has 1 aliphatic heterocycles. The van der Waals surface area contributed by atoms with Gasteiger partial charge in [0.1, 0.15) is 11.7 Å². The van der Waals surface area contributed by atoms with Crippen LogP contribution in [0.25, 0.3) is 10.9 Å². The predicted octanol–water partition coefficient (Wildman–Crippen LogP) is 3.32. The molecule has 27 heavy (non-hydrogen) atoms. The Morgan fingerprint density at radius 2 is 2.07 bits per heavy atom. The first kappa shape index (κ1) is 17.3. The third-order valence-corrected chi connectivity index (χ3v) is 4.58. The quantitative estimate of drug-likeness (QED) is 0.696. The SMILES string of the molecule is CCOc1ncccc1C(=O)N1CCC(Oc2ccc3ccccc3n2)C1. The number of hydrogen-bond donors (Lipinski definition) is 0. The Bertz CT molecular complexity index is 960. The Morgan fingerprint density at radius 1 is 1.19 bits per heavy atom. The van der Waals surface area contributed by atoms with Crippen LogP contribution in [0.2, 0.25) is 0 Å². The smallest absolute Gasteiger partial charge is 0.259 e. The van der Waals surface area contributed by atoms with E-state index in [1.165, 1.54) is 0 Å². The summed E-state index contributed by atoms with van der Waals surface area (Å²) in [4.78, 5) is 23.3. The minimum absolute atomic E-state index is 0.0742. The van der Waals surface area contributed by atoms with E-state index in [-0.39, 0.29) is 12.0 Å². The van der Waals surface area contributed by atoms with Crippen LogP contribution in [0.4, 0.5) is 0 Å². The number of carbonyl (C=O) groups is 1. The van der Waals surface area contributed by atoms with Gasteiger partial charge in [0.05, 0.1) is 18.7 Å². The summed E-state index contributed by atoms with van der Waals surface area (Å²) in [6, 6.07) is 15.3. The van der Waals surface area contributed by atoms with Crippen molar-refractivity contribution in [2.24, 2.45) is 0 Å². The van der Waals surface area contributed by atoms with Gasteiger partial charge in [-0.15, -0.1) is 0 Å². The zero-order valence-corrected chi connectivity index (χ0v) is 15.2. The van der Waals surface area contributed by atoms with Crippen molar-refractivity contribution in [3.63, 3.8) is 0 Å². The zero-order chi connectivity index (χ0) is 18.6. The largest absolute Gasteiger partial charge is 0.477 e. The highest BCUT2D eigenvalue weighted by Crippen LogP contribution is 2.23. The number of benzene rings is 1. The molecule has 3 heterocycles. The lowest BCUT2D eigenvalue weighted by Gasteiger charge is -2.18. The van der Waals surface area contributed by atoms with Crippen LogP contribution in [0, 0.1) is 0 Å². The molecule has 1 atom stereocenters. The third-order valence-electron chi connectivity index (χ3n) is 4.58. The monoisotopic (exact) mass is 363 g/mol. The Morgan fingerprint density at radius 3 is 2.96 bits per heavy atom. The van der Waals surface area contributed by atoms with Crippen LogP contribution < -0.4 is 9.47 Å². The second-order valence-corrected chi connectivity index (χ2v) is 6.41. The van der Waals surface area contributed by atoms with E-state index in [0.29, 0.717) is 37.0 Å². The molecule has 0 radical (unpaired) electrons. The normalized spacial score (nSPS) is 16.5.